The van der Waals surface area contributed by atoms with Crippen molar-refractivity contribution in [2.24, 2.45) is 0 Å². The zero-order valence-corrected chi connectivity index (χ0v) is 15.8. The van der Waals surface area contributed by atoms with Crippen LogP contribution < -0.4 is 4.72 Å². The topological polar surface area (TPSA) is 32.3 Å². The number of benzene rings is 1. The molecule has 0 bridgehead atoms. The summed E-state index contributed by atoms with van der Waals surface area (Å²) in [6, 6.07) is 7.93. The van der Waals surface area contributed by atoms with Gasteiger partial charge in [-0.25, -0.2) is 8.93 Å². The first-order chi connectivity index (χ1) is 9.63. The summed E-state index contributed by atoms with van der Waals surface area (Å²) in [5.41, 5.74) is 0.190. The van der Waals surface area contributed by atoms with Gasteiger partial charge >= 0.3 is 0 Å². The molecule has 0 saturated carbocycles. The van der Waals surface area contributed by atoms with Gasteiger partial charge in [0.1, 0.15) is 11.0 Å². The average molecular weight is 373 g/mol. The van der Waals surface area contributed by atoms with Gasteiger partial charge in [-0.3, -0.25) is 4.90 Å². The van der Waals surface area contributed by atoms with Crippen molar-refractivity contribution in [3.63, 3.8) is 0 Å². The second-order valence-electron chi connectivity index (χ2n) is 7.11. The number of likely N-dealkylation sites (tertiary alicyclic amines) is 1. The normalized spacial score (nSPS) is 23.9. The minimum Gasteiger partial charge on any atom is -0.296 e. The summed E-state index contributed by atoms with van der Waals surface area (Å²) in [5.74, 6) is 0. The molecule has 2 rings (SSSR count). The Morgan fingerprint density at radius 2 is 1.71 bits per heavy atom. The Balaban J connectivity index is 2.14. The van der Waals surface area contributed by atoms with Crippen molar-refractivity contribution in [2.45, 2.75) is 62.6 Å². The van der Waals surface area contributed by atoms with Gasteiger partial charge in [0.15, 0.2) is 0 Å². The van der Waals surface area contributed by atoms with Crippen LogP contribution in [0.2, 0.25) is 0 Å². The van der Waals surface area contributed by atoms with Crippen LogP contribution >= 0.6 is 15.9 Å². The van der Waals surface area contributed by atoms with Crippen LogP contribution in [0.3, 0.4) is 0 Å². The van der Waals surface area contributed by atoms with E-state index in [0.29, 0.717) is 0 Å². The van der Waals surface area contributed by atoms with E-state index in [1.165, 1.54) is 0 Å². The van der Waals surface area contributed by atoms with Gasteiger partial charge in [-0.2, -0.15) is 0 Å². The first kappa shape index (κ1) is 17.1. The minimum atomic E-state index is -1.19. The maximum atomic E-state index is 12.6. The molecule has 1 saturated heterocycles. The fourth-order valence-corrected chi connectivity index (χ4v) is 5.03. The zero-order chi connectivity index (χ0) is 15.8. The summed E-state index contributed by atoms with van der Waals surface area (Å²) < 4.78 is 16.8. The zero-order valence-electron chi connectivity index (χ0n) is 13.4. The van der Waals surface area contributed by atoms with Crippen LogP contribution in [0, 0.1) is 0 Å². The molecule has 0 aromatic heterocycles. The Labute approximate surface area is 139 Å². The summed E-state index contributed by atoms with van der Waals surface area (Å²) in [6.07, 6.45) is 1.98. The van der Waals surface area contributed by atoms with Crippen molar-refractivity contribution in [3.8, 4) is 0 Å². The maximum absolute atomic E-state index is 12.6. The molecule has 0 aliphatic carbocycles. The average Bonchev–Trinajstić information content (AvgIpc) is 2.35. The molecular formula is C16H25BrN2OS. The number of nitrogens with one attached hydrogen (secondary N) is 1. The number of hydrogen-bond acceptors (Lipinski definition) is 2. The lowest BCUT2D eigenvalue weighted by molar-refractivity contribution is -0.0138. The molecule has 1 N–H and O–H groups in total. The molecule has 0 amide bonds. The van der Waals surface area contributed by atoms with E-state index < -0.39 is 11.0 Å². The van der Waals surface area contributed by atoms with E-state index in [-0.39, 0.29) is 17.1 Å². The molecule has 0 spiro atoms. The molecule has 5 heteroatoms. The Bertz CT molecular complexity index is 527. The Morgan fingerprint density at radius 1 is 1.19 bits per heavy atom. The van der Waals surface area contributed by atoms with E-state index in [2.05, 4.69) is 60.3 Å². The number of rotatable bonds is 3. The number of piperidine rings is 1. The van der Waals surface area contributed by atoms with Crippen molar-refractivity contribution < 1.29 is 4.21 Å². The molecule has 1 fully saturated rings. The number of halogens is 1. The van der Waals surface area contributed by atoms with Gasteiger partial charge in [0.25, 0.3) is 0 Å². The van der Waals surface area contributed by atoms with Gasteiger partial charge in [-0.15, -0.1) is 0 Å². The summed E-state index contributed by atoms with van der Waals surface area (Å²) in [7, 11) is 0.996. The van der Waals surface area contributed by atoms with E-state index >= 15 is 0 Å². The van der Waals surface area contributed by atoms with E-state index in [1.54, 1.807) is 0 Å². The number of hydrogen-bond donors (Lipinski definition) is 1. The van der Waals surface area contributed by atoms with E-state index in [9.17, 15) is 4.21 Å². The van der Waals surface area contributed by atoms with Crippen molar-refractivity contribution in [1.29, 1.82) is 0 Å². The molecule has 1 aromatic carbocycles. The largest absolute Gasteiger partial charge is 0.296 e. The quantitative estimate of drug-likeness (QED) is 0.876. The third kappa shape index (κ3) is 3.76. The van der Waals surface area contributed by atoms with Crippen LogP contribution in [0.4, 0.5) is 0 Å². The first-order valence-electron chi connectivity index (χ1n) is 7.30. The predicted molar refractivity (Wildman–Crippen MR) is 92.6 cm³/mol. The first-order valence-corrected chi connectivity index (χ1v) is 9.24. The third-order valence-electron chi connectivity index (χ3n) is 4.62. The van der Waals surface area contributed by atoms with Crippen molar-refractivity contribution >= 4 is 26.9 Å². The maximum Gasteiger partial charge on any atom is 0.126 e. The second-order valence-corrected chi connectivity index (χ2v) is 9.17. The van der Waals surface area contributed by atoms with Gasteiger partial charge < -0.3 is 0 Å². The van der Waals surface area contributed by atoms with Crippen LogP contribution in [0.15, 0.2) is 33.6 Å². The van der Waals surface area contributed by atoms with Gasteiger partial charge in [0.05, 0.1) is 4.90 Å². The smallest absolute Gasteiger partial charge is 0.126 e. The summed E-state index contributed by atoms with van der Waals surface area (Å²) >= 11 is 3.47. The lowest BCUT2D eigenvalue weighted by Gasteiger charge is -2.53. The highest BCUT2D eigenvalue weighted by Gasteiger charge is 2.43. The molecular weight excluding hydrogens is 348 g/mol. The lowest BCUT2D eigenvalue weighted by Crippen LogP contribution is -2.62. The molecule has 0 radical (unpaired) electrons. The standard InChI is InChI=1S/C16H25BrN2OS/c1-15(2)10-12(11-16(3,4)19(15)5)18-21(20)14-9-7-6-8-13(14)17/h6-9,12,18H,10-11H2,1-5H3. The molecule has 21 heavy (non-hydrogen) atoms. The molecule has 1 atom stereocenters. The molecule has 1 aliphatic rings. The fourth-order valence-electron chi connectivity index (χ4n) is 3.26. The summed E-state index contributed by atoms with van der Waals surface area (Å²) in [4.78, 5) is 3.24. The van der Waals surface area contributed by atoms with Gasteiger partial charge in [0.2, 0.25) is 0 Å². The SMILES string of the molecule is CN1C(C)(C)CC(NS(=O)c2ccccc2Br)CC1(C)C. The highest BCUT2D eigenvalue weighted by molar-refractivity contribution is 9.10. The molecule has 3 nitrogen and oxygen atoms in total. The predicted octanol–water partition coefficient (Wildman–Crippen LogP) is 3.71. The second kappa shape index (κ2) is 6.11. The van der Waals surface area contributed by atoms with Crippen LogP contribution in [-0.4, -0.2) is 33.3 Å². The number of nitrogens with zero attached hydrogens (tertiary/aromatic N) is 1. The monoisotopic (exact) mass is 372 g/mol. The van der Waals surface area contributed by atoms with Gasteiger partial charge in [-0.1, -0.05) is 12.1 Å². The third-order valence-corrected chi connectivity index (χ3v) is 6.87. The van der Waals surface area contributed by atoms with Crippen molar-refractivity contribution in [2.75, 3.05) is 7.05 Å². The summed E-state index contributed by atoms with van der Waals surface area (Å²) in [5, 5.41) is 0. The Morgan fingerprint density at radius 3 is 2.24 bits per heavy atom. The minimum absolute atomic E-state index is 0.0948. The molecule has 1 unspecified atom stereocenters. The lowest BCUT2D eigenvalue weighted by atomic mass is 9.78. The van der Waals surface area contributed by atoms with Gasteiger partial charge in [-0.05, 0) is 75.6 Å². The van der Waals surface area contributed by atoms with Crippen LogP contribution in [0.1, 0.15) is 40.5 Å². The van der Waals surface area contributed by atoms with Gasteiger partial charge in [0, 0.05) is 21.6 Å². The fraction of sp³-hybridized carbons (Fsp3) is 0.625. The van der Waals surface area contributed by atoms with E-state index in [0.717, 1.165) is 22.2 Å². The van der Waals surface area contributed by atoms with Crippen molar-refractivity contribution in [1.82, 2.24) is 9.62 Å². The van der Waals surface area contributed by atoms with E-state index in [1.807, 2.05) is 24.3 Å². The van der Waals surface area contributed by atoms with Crippen molar-refractivity contribution in [3.05, 3.63) is 28.7 Å². The molecule has 1 heterocycles. The highest BCUT2D eigenvalue weighted by Crippen LogP contribution is 2.37. The molecule has 118 valence electrons. The highest BCUT2D eigenvalue weighted by atomic mass is 79.9. The van der Waals surface area contributed by atoms with Crippen LogP contribution in [0.25, 0.3) is 0 Å². The Hall–Kier alpha value is -0.230. The van der Waals surface area contributed by atoms with Crippen LogP contribution in [-0.2, 0) is 11.0 Å². The Kier molecular flexibility index (Phi) is 4.98. The molecule has 1 aliphatic heterocycles. The summed E-state index contributed by atoms with van der Waals surface area (Å²) in [6.45, 7) is 9.02. The van der Waals surface area contributed by atoms with Crippen LogP contribution in [0.5, 0.6) is 0 Å². The molecule has 1 aromatic rings. The van der Waals surface area contributed by atoms with E-state index in [4.69, 9.17) is 0 Å².